The van der Waals surface area contributed by atoms with Crippen LogP contribution in [0.4, 0.5) is 0 Å². The second-order valence-electron chi connectivity index (χ2n) is 3.64. The highest BCUT2D eigenvalue weighted by atomic mass is 127. The normalized spacial score (nSPS) is 10.2. The third-order valence-electron chi connectivity index (χ3n) is 2.22. The van der Waals surface area contributed by atoms with Gasteiger partial charge < -0.3 is 5.32 Å². The van der Waals surface area contributed by atoms with Crippen molar-refractivity contribution in [1.29, 1.82) is 0 Å². The Morgan fingerprint density at radius 2 is 2.19 bits per heavy atom. The van der Waals surface area contributed by atoms with Crippen molar-refractivity contribution in [2.24, 2.45) is 0 Å². The summed E-state index contributed by atoms with van der Waals surface area (Å²) in [6, 6.07) is 5.76. The molecule has 0 atom stereocenters. The van der Waals surface area contributed by atoms with E-state index in [0.29, 0.717) is 5.56 Å². The molecule has 0 bridgehead atoms. The van der Waals surface area contributed by atoms with Crippen molar-refractivity contribution in [1.82, 2.24) is 5.32 Å². The highest BCUT2D eigenvalue weighted by Crippen LogP contribution is 2.18. The lowest BCUT2D eigenvalue weighted by Gasteiger charge is -2.07. The second kappa shape index (κ2) is 7.27. The van der Waals surface area contributed by atoms with Gasteiger partial charge in [-0.1, -0.05) is 28.7 Å². The van der Waals surface area contributed by atoms with Crippen molar-refractivity contribution in [2.45, 2.75) is 19.8 Å². The Bertz CT molecular complexity index is 368. The molecule has 0 aliphatic carbocycles. The first-order valence-corrected chi connectivity index (χ1v) is 7.57. The Balaban J connectivity index is 2.53. The number of unbranched alkanes of at least 4 members (excludes halogenated alkanes) is 1. The summed E-state index contributed by atoms with van der Waals surface area (Å²) < 4.78 is 2.00. The molecule has 0 unspecified atom stereocenters. The van der Waals surface area contributed by atoms with Crippen molar-refractivity contribution in [3.63, 3.8) is 0 Å². The molecular formula is C12H15BrINO. The van der Waals surface area contributed by atoms with Gasteiger partial charge in [-0.15, -0.1) is 0 Å². The number of nitrogens with one attached hydrogen (secondary N) is 1. The number of carbonyl (C=O) groups excluding carboxylic acids is 1. The lowest BCUT2D eigenvalue weighted by Crippen LogP contribution is -2.24. The number of aryl methyl sites for hydroxylation is 1. The molecule has 0 aliphatic heterocycles. The molecule has 0 saturated carbocycles. The van der Waals surface area contributed by atoms with E-state index in [2.05, 4.69) is 43.8 Å². The summed E-state index contributed by atoms with van der Waals surface area (Å²) in [6.07, 6.45) is 2.19. The fourth-order valence-electron chi connectivity index (χ4n) is 1.32. The largest absolute Gasteiger partial charge is 0.352 e. The van der Waals surface area contributed by atoms with E-state index in [0.717, 1.165) is 33.9 Å². The lowest BCUT2D eigenvalue weighted by atomic mass is 10.1. The van der Waals surface area contributed by atoms with Gasteiger partial charge in [-0.3, -0.25) is 4.79 Å². The zero-order valence-electron chi connectivity index (χ0n) is 9.22. The number of benzene rings is 1. The van der Waals surface area contributed by atoms with Gasteiger partial charge in [-0.25, -0.2) is 0 Å². The summed E-state index contributed by atoms with van der Waals surface area (Å²) >= 11 is 5.75. The van der Waals surface area contributed by atoms with Crippen LogP contribution in [0, 0.1) is 6.92 Å². The molecule has 0 heterocycles. The molecule has 0 saturated heterocycles. The molecule has 0 fully saturated rings. The van der Waals surface area contributed by atoms with Crippen molar-refractivity contribution in [2.75, 3.05) is 11.0 Å². The van der Waals surface area contributed by atoms with Crippen LogP contribution < -0.4 is 5.32 Å². The van der Waals surface area contributed by atoms with Crippen LogP contribution in [0.15, 0.2) is 22.7 Å². The van der Waals surface area contributed by atoms with Gasteiger partial charge in [0, 0.05) is 11.0 Å². The maximum Gasteiger partial charge on any atom is 0.252 e. The lowest BCUT2D eigenvalue weighted by molar-refractivity contribution is 0.0952. The summed E-state index contributed by atoms with van der Waals surface area (Å²) in [6.45, 7) is 2.76. The molecule has 88 valence electrons. The average molecular weight is 396 g/mol. The molecule has 1 aromatic rings. The number of hydrogen-bond acceptors (Lipinski definition) is 1. The molecule has 1 N–H and O–H groups in total. The van der Waals surface area contributed by atoms with Crippen LogP contribution in [0.3, 0.4) is 0 Å². The first-order valence-electron chi connectivity index (χ1n) is 5.25. The van der Waals surface area contributed by atoms with Crippen LogP contribution in [-0.4, -0.2) is 16.9 Å². The summed E-state index contributed by atoms with van der Waals surface area (Å²) in [7, 11) is 0. The van der Waals surface area contributed by atoms with Crippen LogP contribution in [0.5, 0.6) is 0 Å². The second-order valence-corrected chi connectivity index (χ2v) is 5.57. The molecule has 4 heteroatoms. The number of alkyl halides is 1. The van der Waals surface area contributed by atoms with E-state index in [1.165, 1.54) is 0 Å². The number of halogens is 2. The molecule has 16 heavy (non-hydrogen) atoms. The van der Waals surface area contributed by atoms with Crippen LogP contribution in [0.1, 0.15) is 28.8 Å². The van der Waals surface area contributed by atoms with Crippen LogP contribution in [0.2, 0.25) is 0 Å². The third kappa shape index (κ3) is 4.41. The van der Waals surface area contributed by atoms with E-state index >= 15 is 0 Å². The Morgan fingerprint density at radius 1 is 1.44 bits per heavy atom. The summed E-state index contributed by atoms with van der Waals surface area (Å²) in [5, 5.41) is 2.92. The average Bonchev–Trinajstić information content (AvgIpc) is 2.24. The van der Waals surface area contributed by atoms with Gasteiger partial charge in [0.2, 0.25) is 0 Å². The van der Waals surface area contributed by atoms with E-state index in [1.807, 2.05) is 25.1 Å². The summed E-state index contributed by atoms with van der Waals surface area (Å²) in [5.41, 5.74) is 1.86. The standard InChI is InChI=1S/C12H15BrINO/c1-9-4-5-10(11(13)8-9)12(16)15-7-3-2-6-14/h4-5,8H,2-3,6-7H2,1H3,(H,15,16). The smallest absolute Gasteiger partial charge is 0.252 e. The number of carbonyl (C=O) groups is 1. The minimum atomic E-state index is 0.000308. The Hall–Kier alpha value is -0.100. The number of rotatable bonds is 5. The van der Waals surface area contributed by atoms with Crippen molar-refractivity contribution >= 4 is 44.4 Å². The maximum absolute atomic E-state index is 11.8. The van der Waals surface area contributed by atoms with E-state index in [1.54, 1.807) is 0 Å². The van der Waals surface area contributed by atoms with Gasteiger partial charge >= 0.3 is 0 Å². The Morgan fingerprint density at radius 3 is 2.81 bits per heavy atom. The van der Waals surface area contributed by atoms with Crippen LogP contribution >= 0.6 is 38.5 Å². The summed E-state index contributed by atoms with van der Waals surface area (Å²) in [5.74, 6) is 0.000308. The molecule has 0 aliphatic rings. The van der Waals surface area contributed by atoms with E-state index in [9.17, 15) is 4.79 Å². The Labute approximate surface area is 118 Å². The quantitative estimate of drug-likeness (QED) is 0.459. The van der Waals surface area contributed by atoms with Crippen molar-refractivity contribution in [3.05, 3.63) is 33.8 Å². The number of hydrogen-bond donors (Lipinski definition) is 1. The predicted octanol–water partition coefficient (Wildman–Crippen LogP) is 3.70. The zero-order valence-corrected chi connectivity index (χ0v) is 13.0. The highest BCUT2D eigenvalue weighted by Gasteiger charge is 2.08. The van der Waals surface area contributed by atoms with Crippen molar-refractivity contribution in [3.8, 4) is 0 Å². The maximum atomic E-state index is 11.8. The van der Waals surface area contributed by atoms with E-state index in [-0.39, 0.29) is 5.91 Å². The fourth-order valence-corrected chi connectivity index (χ4v) is 2.53. The van der Waals surface area contributed by atoms with E-state index < -0.39 is 0 Å². The Kier molecular flexibility index (Phi) is 6.34. The molecular weight excluding hydrogens is 381 g/mol. The van der Waals surface area contributed by atoms with Gasteiger partial charge in [0.1, 0.15) is 0 Å². The van der Waals surface area contributed by atoms with Gasteiger partial charge in [0.15, 0.2) is 0 Å². The molecule has 0 spiro atoms. The molecule has 0 radical (unpaired) electrons. The molecule has 1 rings (SSSR count). The van der Waals surface area contributed by atoms with Crippen molar-refractivity contribution < 1.29 is 4.79 Å². The third-order valence-corrected chi connectivity index (χ3v) is 3.63. The number of amides is 1. The predicted molar refractivity (Wildman–Crippen MR) is 79.3 cm³/mol. The first kappa shape index (κ1) is 14.0. The van der Waals surface area contributed by atoms with Crippen LogP contribution in [-0.2, 0) is 0 Å². The first-order chi connectivity index (χ1) is 7.65. The van der Waals surface area contributed by atoms with Gasteiger partial charge in [0.05, 0.1) is 5.56 Å². The minimum Gasteiger partial charge on any atom is -0.352 e. The topological polar surface area (TPSA) is 29.1 Å². The zero-order chi connectivity index (χ0) is 12.0. The highest BCUT2D eigenvalue weighted by molar-refractivity contribution is 14.1. The minimum absolute atomic E-state index is 0.000308. The van der Waals surface area contributed by atoms with Gasteiger partial charge in [-0.2, -0.15) is 0 Å². The summed E-state index contributed by atoms with van der Waals surface area (Å²) in [4.78, 5) is 11.8. The molecule has 2 nitrogen and oxygen atoms in total. The monoisotopic (exact) mass is 395 g/mol. The molecule has 1 amide bonds. The van der Waals surface area contributed by atoms with E-state index in [4.69, 9.17) is 0 Å². The molecule has 0 aromatic heterocycles. The fraction of sp³-hybridized carbons (Fsp3) is 0.417. The van der Waals surface area contributed by atoms with Gasteiger partial charge in [0.25, 0.3) is 5.91 Å². The van der Waals surface area contributed by atoms with Crippen LogP contribution in [0.25, 0.3) is 0 Å². The molecule has 1 aromatic carbocycles. The SMILES string of the molecule is Cc1ccc(C(=O)NCCCCI)c(Br)c1. The van der Waals surface area contributed by atoms with Gasteiger partial charge in [-0.05, 0) is 57.8 Å².